The van der Waals surface area contributed by atoms with Crippen molar-refractivity contribution in [2.75, 3.05) is 0 Å². The van der Waals surface area contributed by atoms with Crippen molar-refractivity contribution in [1.29, 1.82) is 0 Å². The molecule has 4 aromatic carbocycles. The van der Waals surface area contributed by atoms with Crippen LogP contribution in [0.3, 0.4) is 0 Å². The minimum Gasteiger partial charge on any atom is -0.310 e. The van der Waals surface area contributed by atoms with E-state index in [9.17, 15) is 0 Å². The number of hydrogen-bond acceptors (Lipinski definition) is 3. The Morgan fingerprint density at radius 1 is 0.556 bits per heavy atom. The summed E-state index contributed by atoms with van der Waals surface area (Å²) >= 11 is 0. The smallest absolute Gasteiger partial charge is 0.164 e. The van der Waals surface area contributed by atoms with Crippen molar-refractivity contribution >= 4 is 17.0 Å². The Kier molecular flexibility index (Phi) is 4.81. The average Bonchev–Trinajstić information content (AvgIpc) is 3.55. The van der Waals surface area contributed by atoms with Gasteiger partial charge in [0.15, 0.2) is 17.5 Å². The lowest BCUT2D eigenvalue weighted by molar-refractivity contribution is 1.08. The molecule has 0 unspecified atom stereocenters. The van der Waals surface area contributed by atoms with Crippen LogP contribution in [0.25, 0.3) is 56.8 Å². The molecule has 4 nitrogen and oxygen atoms in total. The second-order valence-electron chi connectivity index (χ2n) is 8.88. The van der Waals surface area contributed by atoms with Crippen LogP contribution < -0.4 is 0 Å². The molecular formula is C32H22N4. The largest absolute Gasteiger partial charge is 0.310 e. The van der Waals surface area contributed by atoms with E-state index in [-0.39, 0.29) is 0 Å². The topological polar surface area (TPSA) is 43.6 Å². The Labute approximate surface area is 209 Å². The Morgan fingerprint density at radius 3 is 1.78 bits per heavy atom. The van der Waals surface area contributed by atoms with E-state index < -0.39 is 0 Å². The molecule has 0 bridgehead atoms. The number of benzene rings is 4. The normalized spacial score (nSPS) is 12.2. The molecule has 2 aromatic heterocycles. The van der Waals surface area contributed by atoms with Crippen LogP contribution in [0.4, 0.5) is 0 Å². The van der Waals surface area contributed by atoms with Crippen LogP contribution in [0, 0.1) is 0 Å². The lowest BCUT2D eigenvalue weighted by Gasteiger charge is -2.11. The van der Waals surface area contributed by atoms with Crippen LogP contribution in [-0.2, 0) is 6.42 Å². The lowest BCUT2D eigenvalue weighted by Crippen LogP contribution is -2.00. The number of nitrogens with zero attached hydrogens (tertiary/aromatic N) is 4. The standard InChI is InChI=1S/C32H22N4/c1-4-12-22(13-5-1)30-33-31(23-14-6-2-7-15-23)35-32(34-30)26-19-11-21-28-29(26)25-18-10-20-27(25)36(28)24-16-8-3-9-17-24/h1-17,19-21H,18H2. The maximum absolute atomic E-state index is 5.01. The van der Waals surface area contributed by atoms with Crippen LogP contribution >= 0.6 is 0 Å². The number of allylic oxidation sites excluding steroid dienone is 1. The van der Waals surface area contributed by atoms with E-state index in [1.165, 1.54) is 16.6 Å². The zero-order valence-electron chi connectivity index (χ0n) is 19.5. The first-order chi connectivity index (χ1) is 17.9. The molecule has 0 saturated carbocycles. The van der Waals surface area contributed by atoms with Crippen molar-refractivity contribution < 1.29 is 0 Å². The molecule has 0 atom stereocenters. The molecule has 6 aromatic rings. The molecule has 1 aliphatic rings. The van der Waals surface area contributed by atoms with Gasteiger partial charge in [0.1, 0.15) is 0 Å². The van der Waals surface area contributed by atoms with Gasteiger partial charge in [0.25, 0.3) is 0 Å². The zero-order chi connectivity index (χ0) is 23.9. The van der Waals surface area contributed by atoms with Gasteiger partial charge in [-0.3, -0.25) is 0 Å². The van der Waals surface area contributed by atoms with Gasteiger partial charge in [0.05, 0.1) is 11.2 Å². The summed E-state index contributed by atoms with van der Waals surface area (Å²) < 4.78 is 2.34. The highest BCUT2D eigenvalue weighted by atomic mass is 15.0. The summed E-state index contributed by atoms with van der Waals surface area (Å²) in [5.74, 6) is 2.04. The first-order valence-corrected chi connectivity index (χ1v) is 12.1. The summed E-state index contributed by atoms with van der Waals surface area (Å²) in [6.45, 7) is 0. The highest BCUT2D eigenvalue weighted by molar-refractivity contribution is 6.01. The molecule has 0 amide bonds. The first kappa shape index (κ1) is 20.5. The van der Waals surface area contributed by atoms with E-state index in [1.54, 1.807) is 0 Å². The summed E-state index contributed by atoms with van der Waals surface area (Å²) in [5, 5.41) is 1.20. The predicted octanol–water partition coefficient (Wildman–Crippen LogP) is 7.39. The Morgan fingerprint density at radius 2 is 1.14 bits per heavy atom. The zero-order valence-corrected chi connectivity index (χ0v) is 19.5. The fraction of sp³-hybridized carbons (Fsp3) is 0.0312. The third-order valence-electron chi connectivity index (χ3n) is 6.69. The van der Waals surface area contributed by atoms with Crippen molar-refractivity contribution in [3.05, 3.63) is 127 Å². The van der Waals surface area contributed by atoms with E-state index in [4.69, 9.17) is 15.0 Å². The van der Waals surface area contributed by atoms with Gasteiger partial charge in [-0.2, -0.15) is 0 Å². The fourth-order valence-corrected chi connectivity index (χ4v) is 5.08. The Hall–Kier alpha value is -4.83. The number of aromatic nitrogens is 4. The predicted molar refractivity (Wildman–Crippen MR) is 146 cm³/mol. The quantitative estimate of drug-likeness (QED) is 0.274. The summed E-state index contributed by atoms with van der Waals surface area (Å²) in [7, 11) is 0. The molecule has 0 spiro atoms. The van der Waals surface area contributed by atoms with E-state index in [1.807, 2.05) is 60.7 Å². The van der Waals surface area contributed by atoms with Crippen LogP contribution in [0.2, 0.25) is 0 Å². The maximum atomic E-state index is 5.01. The summed E-state index contributed by atoms with van der Waals surface area (Å²) in [5.41, 5.74) is 7.82. The second kappa shape index (κ2) is 8.43. The first-order valence-electron chi connectivity index (χ1n) is 12.1. The molecular weight excluding hydrogens is 440 g/mol. The fourth-order valence-electron chi connectivity index (χ4n) is 5.08. The molecule has 4 heteroatoms. The summed E-state index contributed by atoms with van der Waals surface area (Å²) in [6, 6.07) is 37.2. The summed E-state index contributed by atoms with van der Waals surface area (Å²) in [6.07, 6.45) is 5.35. The molecule has 0 radical (unpaired) electrons. The third-order valence-corrected chi connectivity index (χ3v) is 6.69. The highest BCUT2D eigenvalue weighted by Crippen LogP contribution is 2.39. The van der Waals surface area contributed by atoms with Crippen molar-refractivity contribution in [2.24, 2.45) is 0 Å². The van der Waals surface area contributed by atoms with Crippen LogP contribution in [0.15, 0.2) is 115 Å². The molecule has 0 saturated heterocycles. The van der Waals surface area contributed by atoms with E-state index in [2.05, 4.69) is 65.3 Å². The maximum Gasteiger partial charge on any atom is 0.164 e. The molecule has 36 heavy (non-hydrogen) atoms. The van der Waals surface area contributed by atoms with Crippen molar-refractivity contribution in [1.82, 2.24) is 19.5 Å². The van der Waals surface area contributed by atoms with Crippen molar-refractivity contribution in [3.63, 3.8) is 0 Å². The number of hydrogen-bond donors (Lipinski definition) is 0. The molecule has 7 rings (SSSR count). The summed E-state index contributed by atoms with van der Waals surface area (Å²) in [4.78, 5) is 14.9. The minimum atomic E-state index is 0.675. The van der Waals surface area contributed by atoms with Gasteiger partial charge >= 0.3 is 0 Å². The number of fused-ring (bicyclic) bond motifs is 3. The number of para-hydroxylation sites is 1. The van der Waals surface area contributed by atoms with E-state index >= 15 is 0 Å². The Bertz CT molecular complexity index is 1680. The van der Waals surface area contributed by atoms with Gasteiger partial charge in [-0.05, 0) is 36.3 Å². The molecule has 2 heterocycles. The average molecular weight is 463 g/mol. The molecule has 0 N–H and O–H groups in total. The van der Waals surface area contributed by atoms with Gasteiger partial charge in [-0.15, -0.1) is 0 Å². The van der Waals surface area contributed by atoms with Gasteiger partial charge < -0.3 is 4.57 Å². The van der Waals surface area contributed by atoms with Crippen LogP contribution in [0.1, 0.15) is 11.3 Å². The van der Waals surface area contributed by atoms with Gasteiger partial charge in [0.2, 0.25) is 0 Å². The second-order valence-corrected chi connectivity index (χ2v) is 8.88. The van der Waals surface area contributed by atoms with Gasteiger partial charge in [-0.25, -0.2) is 15.0 Å². The molecule has 0 aliphatic heterocycles. The highest BCUT2D eigenvalue weighted by Gasteiger charge is 2.23. The lowest BCUT2D eigenvalue weighted by atomic mass is 10.0. The van der Waals surface area contributed by atoms with Gasteiger partial charge in [-0.1, -0.05) is 97.1 Å². The molecule has 1 aliphatic carbocycles. The van der Waals surface area contributed by atoms with E-state index in [0.717, 1.165) is 34.3 Å². The number of rotatable bonds is 4. The molecule has 170 valence electrons. The third kappa shape index (κ3) is 3.35. The Balaban J connectivity index is 1.51. The SMILES string of the molecule is C1=Cc2c(c3c(-c4nc(-c5ccccc5)nc(-c5ccccc5)n4)cccc3n2-c2ccccc2)C1. The van der Waals surface area contributed by atoms with E-state index in [0.29, 0.717) is 17.5 Å². The van der Waals surface area contributed by atoms with Crippen molar-refractivity contribution in [2.45, 2.75) is 6.42 Å². The molecule has 0 fully saturated rings. The van der Waals surface area contributed by atoms with Gasteiger partial charge in [0, 0.05) is 27.8 Å². The van der Waals surface area contributed by atoms with Crippen molar-refractivity contribution in [3.8, 4) is 39.9 Å². The van der Waals surface area contributed by atoms with Crippen LogP contribution in [-0.4, -0.2) is 19.5 Å². The minimum absolute atomic E-state index is 0.675. The monoisotopic (exact) mass is 462 g/mol. The van der Waals surface area contributed by atoms with Crippen LogP contribution in [0.5, 0.6) is 0 Å².